The summed E-state index contributed by atoms with van der Waals surface area (Å²) in [5.74, 6) is 1.42. The van der Waals surface area contributed by atoms with Crippen LogP contribution in [0.2, 0.25) is 5.02 Å². The summed E-state index contributed by atoms with van der Waals surface area (Å²) in [6, 6.07) is 22.8. The number of para-hydroxylation sites is 1. The number of hydrogen-bond acceptors (Lipinski definition) is 7. The van der Waals surface area contributed by atoms with Gasteiger partial charge in [-0.05, 0) is 49.4 Å². The minimum Gasteiger partial charge on any atom is -0.497 e. The van der Waals surface area contributed by atoms with Gasteiger partial charge in [-0.15, -0.1) is 0 Å². The second-order valence-corrected chi connectivity index (χ2v) is 9.40. The highest BCUT2D eigenvalue weighted by molar-refractivity contribution is 6.30. The fraction of sp³-hybridized carbons (Fsp3) is 0.286. The number of nitrogens with one attached hydrogen (secondary N) is 3. The molecule has 0 radical (unpaired) electrons. The van der Waals surface area contributed by atoms with Gasteiger partial charge >= 0.3 is 0 Å². The molecule has 37 heavy (non-hydrogen) atoms. The highest BCUT2D eigenvalue weighted by Crippen LogP contribution is 2.36. The Hall–Kier alpha value is -3.59. The van der Waals surface area contributed by atoms with E-state index in [1.165, 1.54) is 0 Å². The van der Waals surface area contributed by atoms with Crippen LogP contribution < -0.4 is 30.5 Å². The lowest BCUT2D eigenvalue weighted by molar-refractivity contribution is -0.121. The van der Waals surface area contributed by atoms with E-state index in [4.69, 9.17) is 26.1 Å². The average Bonchev–Trinajstić information content (AvgIpc) is 3.24. The second-order valence-electron chi connectivity index (χ2n) is 8.97. The summed E-state index contributed by atoms with van der Waals surface area (Å²) in [4.78, 5) is 20.4. The Kier molecular flexibility index (Phi) is 7.60. The molecule has 0 spiro atoms. The maximum absolute atomic E-state index is 13.0. The number of fused-ring (bicyclic) bond motifs is 3. The number of ether oxygens (including phenoxy) is 2. The first-order valence-electron chi connectivity index (χ1n) is 12.3. The zero-order valence-corrected chi connectivity index (χ0v) is 21.5. The van der Waals surface area contributed by atoms with Crippen LogP contribution in [0.25, 0.3) is 0 Å². The van der Waals surface area contributed by atoms with E-state index in [-0.39, 0.29) is 30.7 Å². The van der Waals surface area contributed by atoms with E-state index in [0.717, 1.165) is 34.0 Å². The van der Waals surface area contributed by atoms with Gasteiger partial charge in [0, 0.05) is 21.8 Å². The van der Waals surface area contributed by atoms with Gasteiger partial charge in [0.05, 0.1) is 38.0 Å². The fourth-order valence-electron chi connectivity index (χ4n) is 4.72. The smallest absolute Gasteiger partial charge is 0.222 e. The molecule has 3 unspecified atom stereocenters. The van der Waals surface area contributed by atoms with E-state index in [1.54, 1.807) is 7.11 Å². The van der Waals surface area contributed by atoms with Crippen LogP contribution in [0.3, 0.4) is 0 Å². The number of carbonyl (C=O) groups is 1. The van der Waals surface area contributed by atoms with Crippen LogP contribution in [0.4, 0.5) is 5.69 Å². The van der Waals surface area contributed by atoms with Crippen molar-refractivity contribution in [3.63, 3.8) is 0 Å². The summed E-state index contributed by atoms with van der Waals surface area (Å²) in [6.45, 7) is 2.87. The summed E-state index contributed by atoms with van der Waals surface area (Å²) in [5.41, 5.74) is 10.3. The van der Waals surface area contributed by atoms with Gasteiger partial charge in [-0.1, -0.05) is 41.9 Å². The average molecular weight is 520 g/mol. The predicted octanol–water partition coefficient (Wildman–Crippen LogP) is 3.74. The molecule has 2 heterocycles. The van der Waals surface area contributed by atoms with Crippen molar-refractivity contribution >= 4 is 28.9 Å². The van der Waals surface area contributed by atoms with Crippen molar-refractivity contribution in [3.8, 4) is 11.5 Å². The van der Waals surface area contributed by atoms with E-state index in [2.05, 4.69) is 28.0 Å². The van der Waals surface area contributed by atoms with Crippen molar-refractivity contribution in [2.45, 2.75) is 31.7 Å². The summed E-state index contributed by atoms with van der Waals surface area (Å²) < 4.78 is 11.2. The molecular weight excluding hydrogens is 490 g/mol. The van der Waals surface area contributed by atoms with Gasteiger partial charge in [0.2, 0.25) is 5.91 Å². The van der Waals surface area contributed by atoms with Crippen molar-refractivity contribution in [2.24, 2.45) is 4.99 Å². The molecule has 2 aliphatic rings. The normalized spacial score (nSPS) is 20.4. The SMILES string of the molecule is COc1ccc2c(c1)C(c1ccc(Cl)cc1)=NC(CC(=O)NCCOc1ccccc1)C1NNC(C)N21. The lowest BCUT2D eigenvalue weighted by Crippen LogP contribution is -2.48. The highest BCUT2D eigenvalue weighted by atomic mass is 35.5. The number of halogens is 1. The van der Waals surface area contributed by atoms with E-state index in [9.17, 15) is 4.79 Å². The Balaban J connectivity index is 1.41. The quantitative estimate of drug-likeness (QED) is 0.393. The molecule has 5 rings (SSSR count). The van der Waals surface area contributed by atoms with E-state index in [0.29, 0.717) is 18.2 Å². The Labute approximate surface area is 221 Å². The highest BCUT2D eigenvalue weighted by Gasteiger charge is 2.40. The van der Waals surface area contributed by atoms with Crippen LogP contribution in [0.5, 0.6) is 11.5 Å². The molecule has 0 aliphatic carbocycles. The zero-order chi connectivity index (χ0) is 25.8. The molecule has 3 atom stereocenters. The molecule has 0 bridgehead atoms. The van der Waals surface area contributed by atoms with Crippen LogP contribution in [0.1, 0.15) is 24.5 Å². The lowest BCUT2D eigenvalue weighted by atomic mass is 9.99. The van der Waals surface area contributed by atoms with Crippen LogP contribution >= 0.6 is 11.6 Å². The number of amides is 1. The fourth-order valence-corrected chi connectivity index (χ4v) is 4.85. The number of nitrogens with zero attached hydrogens (tertiary/aromatic N) is 2. The van der Waals surface area contributed by atoms with Crippen molar-refractivity contribution in [2.75, 3.05) is 25.2 Å². The number of rotatable bonds is 8. The van der Waals surface area contributed by atoms with Gasteiger partial charge < -0.3 is 19.7 Å². The topological polar surface area (TPSA) is 87.2 Å². The third-order valence-electron chi connectivity index (χ3n) is 6.50. The predicted molar refractivity (Wildman–Crippen MR) is 145 cm³/mol. The maximum Gasteiger partial charge on any atom is 0.222 e. The monoisotopic (exact) mass is 519 g/mol. The molecule has 0 aromatic heterocycles. The van der Waals surface area contributed by atoms with Gasteiger partial charge in [0.1, 0.15) is 24.3 Å². The first-order valence-corrected chi connectivity index (χ1v) is 12.7. The largest absolute Gasteiger partial charge is 0.497 e. The van der Waals surface area contributed by atoms with Crippen molar-refractivity contribution in [1.29, 1.82) is 0 Å². The molecule has 192 valence electrons. The summed E-state index contributed by atoms with van der Waals surface area (Å²) in [5, 5.41) is 3.63. The summed E-state index contributed by atoms with van der Waals surface area (Å²) >= 11 is 6.18. The zero-order valence-electron chi connectivity index (χ0n) is 20.8. The molecule has 9 heteroatoms. The van der Waals surface area contributed by atoms with Crippen LogP contribution in [0.15, 0.2) is 77.8 Å². The standard InChI is InChI=1S/C28H30ClN5O3/c1-18-32-33-28-24(17-26(35)30-14-15-37-21-6-4-3-5-7-21)31-27(19-8-10-20(29)11-9-19)23-16-22(36-2)12-13-25(23)34(18)28/h3-13,16,18,24,28,32-33H,14-15,17H2,1-2H3,(H,30,35). The molecule has 1 amide bonds. The molecule has 3 N–H and O–H groups in total. The van der Waals surface area contributed by atoms with Crippen LogP contribution in [-0.4, -0.2) is 50.3 Å². The number of hydrazine groups is 1. The summed E-state index contributed by atoms with van der Waals surface area (Å²) in [6.07, 6.45) is -0.0316. The molecule has 2 aliphatic heterocycles. The minimum absolute atomic E-state index is 0.0123. The molecule has 1 fully saturated rings. The number of hydrogen-bond donors (Lipinski definition) is 3. The molecular formula is C28H30ClN5O3. The third-order valence-corrected chi connectivity index (χ3v) is 6.75. The minimum atomic E-state index is -0.364. The first kappa shape index (κ1) is 25.1. The number of carbonyl (C=O) groups excluding carboxylic acids is 1. The van der Waals surface area contributed by atoms with Crippen LogP contribution in [0, 0.1) is 0 Å². The molecule has 3 aromatic rings. The van der Waals surface area contributed by atoms with Gasteiger partial charge in [-0.3, -0.25) is 9.79 Å². The Morgan fingerprint density at radius 3 is 2.59 bits per heavy atom. The van der Waals surface area contributed by atoms with Gasteiger partial charge in [-0.2, -0.15) is 0 Å². The van der Waals surface area contributed by atoms with Gasteiger partial charge in [0.25, 0.3) is 0 Å². The Morgan fingerprint density at radius 2 is 1.84 bits per heavy atom. The van der Waals surface area contributed by atoms with Crippen molar-refractivity contribution < 1.29 is 14.3 Å². The Morgan fingerprint density at radius 1 is 1.05 bits per heavy atom. The first-order chi connectivity index (χ1) is 18.0. The van der Waals surface area contributed by atoms with Gasteiger partial charge in [0.15, 0.2) is 0 Å². The number of methoxy groups -OCH3 is 1. The number of anilines is 1. The third kappa shape index (κ3) is 5.56. The molecule has 3 aromatic carbocycles. The van der Waals surface area contributed by atoms with E-state index >= 15 is 0 Å². The maximum atomic E-state index is 13.0. The van der Waals surface area contributed by atoms with E-state index < -0.39 is 0 Å². The Bertz CT molecular complexity index is 1270. The molecule has 1 saturated heterocycles. The van der Waals surface area contributed by atoms with Crippen molar-refractivity contribution in [3.05, 3.63) is 88.9 Å². The van der Waals surface area contributed by atoms with Crippen molar-refractivity contribution in [1.82, 2.24) is 16.2 Å². The van der Waals surface area contributed by atoms with Gasteiger partial charge in [-0.25, -0.2) is 10.9 Å². The van der Waals surface area contributed by atoms with Crippen LogP contribution in [-0.2, 0) is 4.79 Å². The summed E-state index contributed by atoms with van der Waals surface area (Å²) in [7, 11) is 1.65. The molecule has 8 nitrogen and oxygen atoms in total. The lowest BCUT2D eigenvalue weighted by Gasteiger charge is -2.31. The number of aliphatic imine (C=N–C) groups is 1. The second kappa shape index (κ2) is 11.2. The van der Waals surface area contributed by atoms with E-state index in [1.807, 2.05) is 72.8 Å². The molecule has 0 saturated carbocycles. The number of benzene rings is 3.